The Morgan fingerprint density at radius 2 is 2.12 bits per heavy atom. The van der Waals surface area contributed by atoms with Gasteiger partial charge in [0, 0.05) is 10.4 Å². The van der Waals surface area contributed by atoms with Gasteiger partial charge in [-0.05, 0) is 68.9 Å². The molecule has 1 atom stereocenters. The maximum atomic E-state index is 3.62. The summed E-state index contributed by atoms with van der Waals surface area (Å²) >= 11 is 10.7. The fourth-order valence-corrected chi connectivity index (χ4v) is 5.61. The summed E-state index contributed by atoms with van der Waals surface area (Å²) in [7, 11) is 2.00. The van der Waals surface area contributed by atoms with Gasteiger partial charge in [-0.3, -0.25) is 0 Å². The predicted octanol–water partition coefficient (Wildman–Crippen LogP) is 4.95. The largest absolute Gasteiger partial charge is 0.309 e. The zero-order chi connectivity index (χ0) is 11.7. The molecule has 1 N–H and O–H groups in total. The molecule has 1 unspecified atom stereocenters. The van der Waals surface area contributed by atoms with E-state index in [9.17, 15) is 0 Å². The summed E-state index contributed by atoms with van der Waals surface area (Å²) in [6.45, 7) is 2.16. The normalized spacial score (nSPS) is 13.0. The average molecular weight is 381 g/mol. The lowest BCUT2D eigenvalue weighted by Crippen LogP contribution is -2.16. The highest BCUT2D eigenvalue weighted by Crippen LogP contribution is 2.39. The molecular weight excluding hydrogens is 370 g/mol. The van der Waals surface area contributed by atoms with Crippen LogP contribution < -0.4 is 5.32 Å². The van der Waals surface area contributed by atoms with E-state index >= 15 is 0 Å². The average Bonchev–Trinajstić information content (AvgIpc) is 2.77. The first kappa shape index (κ1) is 12.8. The van der Waals surface area contributed by atoms with Gasteiger partial charge in [-0.15, -0.1) is 22.7 Å². The van der Waals surface area contributed by atoms with E-state index in [1.807, 2.05) is 7.05 Å². The maximum Gasteiger partial charge on any atom is 0.0762 e. The minimum atomic E-state index is 0.275. The van der Waals surface area contributed by atoms with Crippen LogP contribution in [-0.2, 0) is 0 Å². The van der Waals surface area contributed by atoms with Gasteiger partial charge in [0.1, 0.15) is 0 Å². The van der Waals surface area contributed by atoms with Crippen LogP contribution in [0.5, 0.6) is 0 Å². The summed E-state index contributed by atoms with van der Waals surface area (Å²) < 4.78 is 2.34. The number of halogens is 2. The van der Waals surface area contributed by atoms with Crippen molar-refractivity contribution in [2.75, 3.05) is 7.05 Å². The van der Waals surface area contributed by atoms with Gasteiger partial charge in [0.25, 0.3) is 0 Å². The molecule has 86 valence electrons. The molecule has 2 rings (SSSR count). The summed E-state index contributed by atoms with van der Waals surface area (Å²) in [4.78, 5) is 1.38. The molecule has 0 saturated heterocycles. The van der Waals surface area contributed by atoms with Gasteiger partial charge in [0.15, 0.2) is 0 Å². The monoisotopic (exact) mass is 379 g/mol. The highest BCUT2D eigenvalue weighted by Gasteiger charge is 2.19. The quantitative estimate of drug-likeness (QED) is 0.793. The van der Waals surface area contributed by atoms with Gasteiger partial charge in [0.2, 0.25) is 0 Å². The SMILES string of the molecule is CNC(c1cc(Br)sc1Br)c1sccc1C. The van der Waals surface area contributed by atoms with Gasteiger partial charge < -0.3 is 5.32 Å². The summed E-state index contributed by atoms with van der Waals surface area (Å²) in [6.07, 6.45) is 0. The predicted molar refractivity (Wildman–Crippen MR) is 79.7 cm³/mol. The molecule has 0 radical (unpaired) electrons. The first-order chi connectivity index (χ1) is 7.63. The van der Waals surface area contributed by atoms with Crippen LogP contribution in [0.2, 0.25) is 0 Å². The number of aryl methyl sites for hydroxylation is 1. The molecule has 0 aromatic carbocycles. The molecule has 0 amide bonds. The topological polar surface area (TPSA) is 12.0 Å². The Labute approximate surface area is 120 Å². The summed E-state index contributed by atoms with van der Waals surface area (Å²) in [5.74, 6) is 0. The van der Waals surface area contributed by atoms with Gasteiger partial charge in [-0.25, -0.2) is 0 Å². The van der Waals surface area contributed by atoms with Crippen molar-refractivity contribution >= 4 is 54.5 Å². The van der Waals surface area contributed by atoms with Crippen LogP contribution in [0.1, 0.15) is 22.0 Å². The molecule has 2 aromatic heterocycles. The molecule has 2 aromatic rings. The zero-order valence-corrected chi connectivity index (χ0v) is 13.7. The van der Waals surface area contributed by atoms with Crippen molar-refractivity contribution in [3.05, 3.63) is 41.1 Å². The Hall–Kier alpha value is 0.320. The van der Waals surface area contributed by atoms with Crippen molar-refractivity contribution in [1.29, 1.82) is 0 Å². The fraction of sp³-hybridized carbons (Fsp3) is 0.273. The lowest BCUT2D eigenvalue weighted by molar-refractivity contribution is 0.700. The number of hydrogen-bond donors (Lipinski definition) is 1. The van der Waals surface area contributed by atoms with E-state index in [0.29, 0.717) is 0 Å². The third-order valence-electron chi connectivity index (χ3n) is 2.45. The second-order valence-electron chi connectivity index (χ2n) is 3.47. The van der Waals surface area contributed by atoms with Crippen LogP contribution >= 0.6 is 54.5 Å². The van der Waals surface area contributed by atoms with Crippen molar-refractivity contribution in [2.24, 2.45) is 0 Å². The molecule has 5 heteroatoms. The van der Waals surface area contributed by atoms with Crippen molar-refractivity contribution < 1.29 is 0 Å². The molecule has 0 aliphatic heterocycles. The van der Waals surface area contributed by atoms with Crippen molar-refractivity contribution in [3.63, 3.8) is 0 Å². The molecule has 16 heavy (non-hydrogen) atoms. The van der Waals surface area contributed by atoms with Crippen molar-refractivity contribution in [1.82, 2.24) is 5.32 Å². The van der Waals surface area contributed by atoms with E-state index in [1.54, 1.807) is 22.7 Å². The minimum absolute atomic E-state index is 0.275. The van der Waals surface area contributed by atoms with Gasteiger partial charge in [-0.1, -0.05) is 0 Å². The number of thiophene rings is 2. The first-order valence-electron chi connectivity index (χ1n) is 4.79. The maximum absolute atomic E-state index is 3.62. The van der Waals surface area contributed by atoms with Gasteiger partial charge in [0.05, 0.1) is 13.6 Å². The smallest absolute Gasteiger partial charge is 0.0762 e. The summed E-state index contributed by atoms with van der Waals surface area (Å²) in [6, 6.07) is 4.62. The summed E-state index contributed by atoms with van der Waals surface area (Å²) in [5, 5.41) is 5.53. The van der Waals surface area contributed by atoms with Crippen LogP contribution in [-0.4, -0.2) is 7.05 Å². The first-order valence-corrected chi connectivity index (χ1v) is 8.07. The molecule has 0 bridgehead atoms. The second-order valence-corrected chi connectivity index (χ2v) is 8.17. The van der Waals surface area contributed by atoms with Crippen LogP contribution in [0.15, 0.2) is 25.1 Å². The van der Waals surface area contributed by atoms with Crippen LogP contribution in [0.4, 0.5) is 0 Å². The molecular formula is C11H11Br2NS2. The number of nitrogens with one attached hydrogen (secondary N) is 1. The molecule has 0 saturated carbocycles. The van der Waals surface area contributed by atoms with Crippen LogP contribution in [0.25, 0.3) is 0 Å². The third-order valence-corrected chi connectivity index (χ3v) is 5.92. The molecule has 2 heterocycles. The van der Waals surface area contributed by atoms with E-state index in [4.69, 9.17) is 0 Å². The standard InChI is InChI=1S/C11H11Br2NS2/c1-6-3-4-15-10(6)9(14-2)7-5-8(12)16-11(7)13/h3-5,9,14H,1-2H3. The van der Waals surface area contributed by atoms with Gasteiger partial charge >= 0.3 is 0 Å². The highest BCUT2D eigenvalue weighted by atomic mass is 79.9. The molecule has 0 fully saturated rings. The molecule has 1 nitrogen and oxygen atoms in total. The molecule has 0 aliphatic rings. The van der Waals surface area contributed by atoms with Crippen LogP contribution in [0, 0.1) is 6.92 Å². The third kappa shape index (κ3) is 2.43. The second kappa shape index (κ2) is 5.31. The van der Waals surface area contributed by atoms with Crippen molar-refractivity contribution in [3.8, 4) is 0 Å². The van der Waals surface area contributed by atoms with E-state index in [0.717, 1.165) is 3.79 Å². The lowest BCUT2D eigenvalue weighted by Gasteiger charge is -2.15. The van der Waals surface area contributed by atoms with Crippen molar-refractivity contribution in [2.45, 2.75) is 13.0 Å². The molecule has 0 spiro atoms. The van der Waals surface area contributed by atoms with E-state index < -0.39 is 0 Å². The van der Waals surface area contributed by atoms with Crippen LogP contribution in [0.3, 0.4) is 0 Å². The Morgan fingerprint density at radius 3 is 2.56 bits per heavy atom. The minimum Gasteiger partial charge on any atom is -0.309 e. The Bertz CT molecular complexity index is 490. The van der Waals surface area contributed by atoms with E-state index in [-0.39, 0.29) is 6.04 Å². The Kier molecular flexibility index (Phi) is 4.24. The summed E-state index contributed by atoms with van der Waals surface area (Å²) in [5.41, 5.74) is 2.64. The van der Waals surface area contributed by atoms with Gasteiger partial charge in [-0.2, -0.15) is 0 Å². The number of rotatable bonds is 3. The molecule has 0 aliphatic carbocycles. The Morgan fingerprint density at radius 1 is 1.38 bits per heavy atom. The fourth-order valence-electron chi connectivity index (χ4n) is 1.66. The lowest BCUT2D eigenvalue weighted by atomic mass is 10.1. The van der Waals surface area contributed by atoms with E-state index in [1.165, 1.54) is 19.8 Å². The van der Waals surface area contributed by atoms with E-state index in [2.05, 4.69) is 61.6 Å². The Balaban J connectivity index is 2.44. The number of hydrogen-bond acceptors (Lipinski definition) is 3. The highest BCUT2D eigenvalue weighted by molar-refractivity contribution is 9.12. The zero-order valence-electron chi connectivity index (χ0n) is 8.88.